The van der Waals surface area contributed by atoms with Gasteiger partial charge in [-0.2, -0.15) is 26.3 Å². The van der Waals surface area contributed by atoms with E-state index in [-0.39, 0.29) is 19.0 Å². The molecule has 2 fully saturated rings. The highest BCUT2D eigenvalue weighted by Crippen LogP contribution is 2.43. The number of hydrogen-bond acceptors (Lipinski definition) is 4. The summed E-state index contributed by atoms with van der Waals surface area (Å²) in [6, 6.07) is 3.53. The molecular weight excluding hydrogens is 424 g/mol. The number of β-lactam (4-membered cyclic amide) rings is 1. The van der Waals surface area contributed by atoms with E-state index in [1.165, 1.54) is 4.90 Å². The summed E-state index contributed by atoms with van der Waals surface area (Å²) in [6.07, 6.45) is -6.97. The van der Waals surface area contributed by atoms with Crippen LogP contribution in [0.25, 0.3) is 0 Å². The lowest BCUT2D eigenvalue weighted by atomic mass is 9.71. The van der Waals surface area contributed by atoms with Crippen molar-refractivity contribution in [1.29, 1.82) is 0 Å². The Balaban J connectivity index is 0.000000396. The number of carbonyl (C=O) groups excluding carboxylic acids is 2. The van der Waals surface area contributed by atoms with Crippen LogP contribution in [0.5, 0.6) is 0 Å². The number of rotatable bonds is 2. The average molecular weight is 441 g/mol. The second kappa shape index (κ2) is 8.48. The van der Waals surface area contributed by atoms with Gasteiger partial charge in [-0.25, -0.2) is 4.79 Å². The summed E-state index contributed by atoms with van der Waals surface area (Å²) in [7, 11) is 0. The number of hydrogen-bond donors (Lipinski definition) is 1. The minimum Gasteiger partial charge on any atom is -0.475 e. The Hall–Kier alpha value is -2.86. The van der Waals surface area contributed by atoms with E-state index in [4.69, 9.17) is 9.90 Å². The maximum atomic E-state index is 12.5. The second-order valence-electron chi connectivity index (χ2n) is 6.86. The van der Waals surface area contributed by atoms with Crippen LogP contribution >= 0.6 is 0 Å². The molecular formula is C17H17F6N3O4. The number of pyridine rings is 1. The van der Waals surface area contributed by atoms with Gasteiger partial charge in [0.25, 0.3) is 0 Å². The van der Waals surface area contributed by atoms with Crippen LogP contribution in [0.4, 0.5) is 32.0 Å². The van der Waals surface area contributed by atoms with Crippen LogP contribution in [0.2, 0.25) is 0 Å². The van der Waals surface area contributed by atoms with Crippen molar-refractivity contribution in [2.24, 2.45) is 5.41 Å². The first kappa shape index (κ1) is 23.4. The Morgan fingerprint density at radius 3 is 2.10 bits per heavy atom. The minimum atomic E-state index is -5.08. The van der Waals surface area contributed by atoms with Crippen molar-refractivity contribution in [1.82, 2.24) is 9.88 Å². The molecule has 3 heterocycles. The maximum Gasteiger partial charge on any atom is 0.490 e. The van der Waals surface area contributed by atoms with Crippen LogP contribution < -0.4 is 4.90 Å². The van der Waals surface area contributed by atoms with E-state index in [1.54, 1.807) is 29.4 Å². The highest BCUT2D eigenvalue weighted by Gasteiger charge is 2.54. The van der Waals surface area contributed by atoms with Crippen LogP contribution in [0.15, 0.2) is 24.5 Å². The molecule has 0 atom stereocenters. The van der Waals surface area contributed by atoms with Crippen LogP contribution in [0.3, 0.4) is 0 Å². The molecule has 13 heteroatoms. The molecule has 2 amide bonds. The van der Waals surface area contributed by atoms with Crippen molar-refractivity contribution in [3.8, 4) is 0 Å². The van der Waals surface area contributed by atoms with Gasteiger partial charge in [0.1, 0.15) is 6.42 Å². The van der Waals surface area contributed by atoms with E-state index in [2.05, 4.69) is 4.98 Å². The normalized spacial score (nSPS) is 18.4. The second-order valence-corrected chi connectivity index (χ2v) is 6.86. The van der Waals surface area contributed by atoms with E-state index in [9.17, 15) is 35.9 Å². The molecule has 1 N–H and O–H groups in total. The number of carboxylic acid groups (broad SMARTS) is 1. The third kappa shape index (κ3) is 5.60. The zero-order chi connectivity index (χ0) is 22.7. The molecule has 3 rings (SSSR count). The number of piperidine rings is 1. The Bertz CT molecular complexity index is 789. The van der Waals surface area contributed by atoms with Crippen molar-refractivity contribution in [3.63, 3.8) is 0 Å². The smallest absolute Gasteiger partial charge is 0.475 e. The Kier molecular flexibility index (Phi) is 6.62. The Labute approximate surface area is 166 Å². The molecule has 1 spiro atoms. The number of carbonyl (C=O) groups is 3. The first-order chi connectivity index (χ1) is 13.8. The van der Waals surface area contributed by atoms with Crippen molar-refractivity contribution in [3.05, 3.63) is 24.5 Å². The number of nitrogens with zero attached hydrogens (tertiary/aromatic N) is 3. The summed E-state index contributed by atoms with van der Waals surface area (Å²) in [5.41, 5.74) is 0.184. The molecule has 0 unspecified atom stereocenters. The predicted molar refractivity (Wildman–Crippen MR) is 89.2 cm³/mol. The highest BCUT2D eigenvalue weighted by molar-refractivity contribution is 6.04. The monoisotopic (exact) mass is 441 g/mol. The summed E-state index contributed by atoms with van der Waals surface area (Å²) in [4.78, 5) is 39.8. The van der Waals surface area contributed by atoms with Crippen LogP contribution in [-0.2, 0) is 14.4 Å². The lowest BCUT2D eigenvalue weighted by Gasteiger charge is -2.52. The van der Waals surface area contributed by atoms with E-state index in [0.29, 0.717) is 19.4 Å². The van der Waals surface area contributed by atoms with Gasteiger partial charge in [0, 0.05) is 25.8 Å². The molecule has 2 saturated heterocycles. The number of aromatic nitrogens is 1. The average Bonchev–Trinajstić information content (AvgIpc) is 2.65. The van der Waals surface area contributed by atoms with Gasteiger partial charge in [0.2, 0.25) is 11.8 Å². The Morgan fingerprint density at radius 1 is 1.13 bits per heavy atom. The fourth-order valence-electron chi connectivity index (χ4n) is 3.20. The molecule has 2 aliphatic heterocycles. The SMILES string of the molecule is O=C(CC(F)(F)F)N1CCC2(CC1)CN(c1cccnc1)C2=O.O=C(O)C(F)(F)F. The van der Waals surface area contributed by atoms with E-state index in [1.807, 2.05) is 0 Å². The number of carboxylic acids is 1. The Morgan fingerprint density at radius 2 is 1.70 bits per heavy atom. The molecule has 0 saturated carbocycles. The van der Waals surface area contributed by atoms with E-state index < -0.39 is 36.1 Å². The van der Waals surface area contributed by atoms with Gasteiger partial charge in [0.15, 0.2) is 0 Å². The van der Waals surface area contributed by atoms with Gasteiger partial charge >= 0.3 is 18.3 Å². The zero-order valence-corrected chi connectivity index (χ0v) is 15.3. The molecule has 2 aliphatic rings. The number of likely N-dealkylation sites (tertiary alicyclic amines) is 1. The molecule has 1 aromatic rings. The predicted octanol–water partition coefficient (Wildman–Crippen LogP) is 2.62. The van der Waals surface area contributed by atoms with Crippen LogP contribution in [0, 0.1) is 5.41 Å². The van der Waals surface area contributed by atoms with Crippen LogP contribution in [-0.4, -0.2) is 64.8 Å². The fourth-order valence-corrected chi connectivity index (χ4v) is 3.20. The van der Waals surface area contributed by atoms with E-state index in [0.717, 1.165) is 5.69 Å². The molecule has 1 aromatic heterocycles. The fraction of sp³-hybridized carbons (Fsp3) is 0.529. The van der Waals surface area contributed by atoms with Gasteiger partial charge in [-0.1, -0.05) is 0 Å². The van der Waals surface area contributed by atoms with Gasteiger partial charge in [0.05, 0.1) is 17.3 Å². The first-order valence-corrected chi connectivity index (χ1v) is 8.62. The molecule has 166 valence electrons. The quantitative estimate of drug-likeness (QED) is 0.563. The topological polar surface area (TPSA) is 90.8 Å². The number of anilines is 1. The van der Waals surface area contributed by atoms with Gasteiger partial charge in [-0.15, -0.1) is 0 Å². The van der Waals surface area contributed by atoms with Crippen LogP contribution in [0.1, 0.15) is 19.3 Å². The van der Waals surface area contributed by atoms with Crippen molar-refractivity contribution >= 4 is 23.5 Å². The lowest BCUT2D eigenvalue weighted by molar-refractivity contribution is -0.192. The van der Waals surface area contributed by atoms with Gasteiger partial charge in [-0.05, 0) is 25.0 Å². The highest BCUT2D eigenvalue weighted by atomic mass is 19.4. The molecule has 0 aromatic carbocycles. The summed E-state index contributed by atoms with van der Waals surface area (Å²) in [5.74, 6) is -3.70. The zero-order valence-electron chi connectivity index (χ0n) is 15.3. The number of amides is 2. The molecule has 0 aliphatic carbocycles. The molecule has 30 heavy (non-hydrogen) atoms. The standard InChI is InChI=1S/C15H16F3N3O2.C2HF3O2/c16-15(17,18)8-12(22)20-6-3-14(4-7-20)10-21(13(14)23)11-2-1-5-19-9-11;3-2(4,5)1(6)7/h1-2,5,9H,3-4,6-8,10H2;(H,6,7). The van der Waals surface area contributed by atoms with E-state index >= 15 is 0 Å². The molecule has 0 radical (unpaired) electrons. The van der Waals surface area contributed by atoms with Gasteiger partial charge in [-0.3, -0.25) is 14.6 Å². The summed E-state index contributed by atoms with van der Waals surface area (Å²) >= 11 is 0. The minimum absolute atomic E-state index is 0.0339. The van der Waals surface area contributed by atoms with Gasteiger partial charge < -0.3 is 14.9 Å². The number of halogens is 6. The number of alkyl halides is 6. The molecule has 0 bridgehead atoms. The van der Waals surface area contributed by atoms with Crippen molar-refractivity contribution < 1.29 is 45.8 Å². The summed E-state index contributed by atoms with van der Waals surface area (Å²) in [5, 5.41) is 7.12. The number of aliphatic carboxylic acids is 1. The third-order valence-corrected chi connectivity index (χ3v) is 4.78. The third-order valence-electron chi connectivity index (χ3n) is 4.78. The first-order valence-electron chi connectivity index (χ1n) is 8.62. The summed E-state index contributed by atoms with van der Waals surface area (Å²) < 4.78 is 68.6. The lowest BCUT2D eigenvalue weighted by Crippen LogP contribution is -2.65. The maximum absolute atomic E-state index is 12.5. The largest absolute Gasteiger partial charge is 0.490 e. The van der Waals surface area contributed by atoms with Crippen molar-refractivity contribution in [2.75, 3.05) is 24.5 Å². The van der Waals surface area contributed by atoms with Crippen molar-refractivity contribution in [2.45, 2.75) is 31.6 Å². The molecule has 7 nitrogen and oxygen atoms in total. The summed E-state index contributed by atoms with van der Waals surface area (Å²) in [6.45, 7) is 0.919.